The summed E-state index contributed by atoms with van der Waals surface area (Å²) in [5.41, 5.74) is 7.32. The van der Waals surface area contributed by atoms with Crippen molar-refractivity contribution in [3.8, 4) is 0 Å². The predicted molar refractivity (Wildman–Crippen MR) is 134 cm³/mol. The fraction of sp³-hybridized carbons (Fsp3) is 0. The summed E-state index contributed by atoms with van der Waals surface area (Å²) in [6, 6.07) is 23.1. The summed E-state index contributed by atoms with van der Waals surface area (Å²) in [6.45, 7) is 0. The van der Waals surface area contributed by atoms with Crippen LogP contribution in [0.2, 0.25) is 5.02 Å². The molecule has 10 heteroatoms. The van der Waals surface area contributed by atoms with Crippen LogP contribution in [0.4, 0.5) is 11.4 Å². The van der Waals surface area contributed by atoms with Crippen LogP contribution in [0.25, 0.3) is 0 Å². The van der Waals surface area contributed by atoms with Crippen LogP contribution in [-0.2, 0) is 10.0 Å². The average Bonchev–Trinajstić information content (AvgIpc) is 3.29. The number of carbonyl (C=O) groups is 2. The highest BCUT2D eigenvalue weighted by molar-refractivity contribution is 7.92. The Kier molecular flexibility index (Phi) is 8.06. The Morgan fingerprint density at radius 2 is 1.53 bits per heavy atom. The van der Waals surface area contributed by atoms with Crippen molar-refractivity contribution in [2.75, 3.05) is 10.5 Å². The molecular weight excluding hydrogens is 496 g/mol. The first-order valence-electron chi connectivity index (χ1n) is 9.72. The lowest BCUT2D eigenvalue weighted by Gasteiger charge is -2.07. The number of benzene rings is 3. The second kappa shape index (κ2) is 11.0. The number of nitrogen functional groups attached to an aromatic ring is 1. The number of aromatic carboxylic acids is 1. The number of rotatable bonds is 6. The molecule has 0 aliphatic heterocycles. The molecule has 1 heterocycles. The highest BCUT2D eigenvalue weighted by Crippen LogP contribution is 2.25. The van der Waals surface area contributed by atoms with Crippen molar-refractivity contribution in [2.45, 2.75) is 4.90 Å². The van der Waals surface area contributed by atoms with Gasteiger partial charge in [-0.3, -0.25) is 9.52 Å². The third-order valence-electron chi connectivity index (χ3n) is 4.45. The van der Waals surface area contributed by atoms with Crippen LogP contribution in [0, 0.1) is 0 Å². The molecule has 4 rings (SSSR count). The van der Waals surface area contributed by atoms with Gasteiger partial charge in [-0.25, -0.2) is 13.2 Å². The molecule has 1 aromatic heterocycles. The van der Waals surface area contributed by atoms with Crippen LogP contribution in [0.5, 0.6) is 0 Å². The number of nitrogens with two attached hydrogens (primary N) is 1. The number of thiophene rings is 1. The van der Waals surface area contributed by atoms with E-state index >= 15 is 0 Å². The number of hydrogen-bond donors (Lipinski definition) is 3. The summed E-state index contributed by atoms with van der Waals surface area (Å²) in [5.74, 6) is -1.27. The molecule has 4 aromatic rings. The molecule has 0 aliphatic rings. The third-order valence-corrected chi connectivity index (χ3v) is 6.97. The van der Waals surface area contributed by atoms with Crippen molar-refractivity contribution < 1.29 is 23.1 Å². The molecule has 0 saturated carbocycles. The van der Waals surface area contributed by atoms with Crippen LogP contribution in [-0.4, -0.2) is 25.3 Å². The summed E-state index contributed by atoms with van der Waals surface area (Å²) >= 11 is 6.81. The number of hydrogen-bond acceptors (Lipinski definition) is 6. The number of anilines is 2. The normalized spacial score (nSPS) is 10.6. The Labute approximate surface area is 205 Å². The maximum Gasteiger partial charge on any atom is 0.348 e. The summed E-state index contributed by atoms with van der Waals surface area (Å²) < 4.78 is 26.2. The van der Waals surface area contributed by atoms with E-state index in [0.717, 1.165) is 11.3 Å². The lowest BCUT2D eigenvalue weighted by molar-refractivity contribution is 0.0703. The van der Waals surface area contributed by atoms with Crippen molar-refractivity contribution in [3.05, 3.63) is 111 Å². The zero-order valence-corrected chi connectivity index (χ0v) is 19.9. The summed E-state index contributed by atoms with van der Waals surface area (Å²) in [4.78, 5) is 23.0. The van der Waals surface area contributed by atoms with E-state index in [2.05, 4.69) is 4.72 Å². The minimum absolute atomic E-state index is 0.0329. The zero-order valence-electron chi connectivity index (χ0n) is 17.5. The summed E-state index contributed by atoms with van der Waals surface area (Å²) in [5, 5.41) is 10.9. The number of carbonyl (C=O) groups excluding carboxylic acids is 1. The molecule has 174 valence electrons. The van der Waals surface area contributed by atoms with Gasteiger partial charge >= 0.3 is 5.97 Å². The van der Waals surface area contributed by atoms with Gasteiger partial charge in [0.25, 0.3) is 10.0 Å². The van der Waals surface area contributed by atoms with Gasteiger partial charge < -0.3 is 10.8 Å². The maximum atomic E-state index is 12.1. The van der Waals surface area contributed by atoms with Gasteiger partial charge in [0.15, 0.2) is 5.78 Å². The first-order chi connectivity index (χ1) is 16.2. The van der Waals surface area contributed by atoms with E-state index in [-0.39, 0.29) is 21.2 Å². The molecule has 0 amide bonds. The van der Waals surface area contributed by atoms with E-state index in [9.17, 15) is 18.0 Å². The van der Waals surface area contributed by atoms with E-state index < -0.39 is 16.0 Å². The third kappa shape index (κ3) is 6.22. The molecular formula is C24H19ClN2O5S2. The first kappa shape index (κ1) is 25.0. The Balaban J connectivity index is 0.000000192. The van der Waals surface area contributed by atoms with Crippen molar-refractivity contribution in [1.29, 1.82) is 0 Å². The molecule has 0 spiro atoms. The molecule has 0 fully saturated rings. The van der Waals surface area contributed by atoms with Gasteiger partial charge in [-0.15, -0.1) is 11.3 Å². The lowest BCUT2D eigenvalue weighted by Crippen LogP contribution is -2.14. The van der Waals surface area contributed by atoms with Crippen LogP contribution in [0.1, 0.15) is 25.6 Å². The van der Waals surface area contributed by atoms with Crippen LogP contribution >= 0.6 is 22.9 Å². The van der Waals surface area contributed by atoms with Crippen LogP contribution in [0.15, 0.2) is 95.2 Å². The molecule has 0 bridgehead atoms. The topological polar surface area (TPSA) is 127 Å². The molecule has 34 heavy (non-hydrogen) atoms. The molecule has 0 saturated heterocycles. The van der Waals surface area contributed by atoms with Gasteiger partial charge in [0, 0.05) is 21.8 Å². The average molecular weight is 515 g/mol. The van der Waals surface area contributed by atoms with E-state index in [1.54, 1.807) is 48.5 Å². The molecule has 7 nitrogen and oxygen atoms in total. The van der Waals surface area contributed by atoms with E-state index in [0.29, 0.717) is 21.8 Å². The highest BCUT2D eigenvalue weighted by atomic mass is 35.5. The molecule has 0 radical (unpaired) electrons. The van der Waals surface area contributed by atoms with Gasteiger partial charge in [0.2, 0.25) is 0 Å². The van der Waals surface area contributed by atoms with Crippen LogP contribution < -0.4 is 10.5 Å². The van der Waals surface area contributed by atoms with Gasteiger partial charge in [-0.05, 0) is 41.8 Å². The van der Waals surface area contributed by atoms with E-state index in [1.165, 1.54) is 23.6 Å². The fourth-order valence-corrected chi connectivity index (χ4v) is 4.85. The molecule has 0 atom stereocenters. The monoisotopic (exact) mass is 514 g/mol. The summed E-state index contributed by atoms with van der Waals surface area (Å²) in [6.07, 6.45) is 0. The van der Waals surface area contributed by atoms with Gasteiger partial charge in [-0.2, -0.15) is 0 Å². The smallest absolute Gasteiger partial charge is 0.348 e. The standard InChI is InChI=1S/C13H10ClNO.C11H9NO4S2/c14-10-6-7-12(15)11(8-10)13(16)9-4-2-1-3-5-9;13-11(14)10-9(6-7-17-10)12-18(15,16)8-4-2-1-3-5-8/h1-8H,15H2;1-7,12H,(H,13,14). The molecule has 4 N–H and O–H groups in total. The Morgan fingerprint density at radius 3 is 2.15 bits per heavy atom. The van der Waals surface area contributed by atoms with Crippen LogP contribution in [0.3, 0.4) is 0 Å². The Morgan fingerprint density at radius 1 is 0.912 bits per heavy atom. The number of sulfonamides is 1. The SMILES string of the molecule is Nc1ccc(Cl)cc1C(=O)c1ccccc1.O=C(O)c1sccc1NS(=O)(=O)c1ccccc1. The largest absolute Gasteiger partial charge is 0.477 e. The molecule has 0 aliphatic carbocycles. The summed E-state index contributed by atoms with van der Waals surface area (Å²) in [7, 11) is -3.75. The van der Waals surface area contributed by atoms with Gasteiger partial charge in [-0.1, -0.05) is 60.1 Å². The Hall–Kier alpha value is -3.66. The number of carboxylic acid groups (broad SMARTS) is 1. The Bertz CT molecular complexity index is 1410. The first-order valence-corrected chi connectivity index (χ1v) is 12.5. The van der Waals surface area contributed by atoms with Crippen molar-refractivity contribution in [1.82, 2.24) is 0 Å². The quantitative estimate of drug-likeness (QED) is 0.233. The minimum atomic E-state index is -3.75. The molecule has 3 aromatic carbocycles. The number of ketones is 1. The second-order valence-electron chi connectivity index (χ2n) is 6.81. The van der Waals surface area contributed by atoms with Gasteiger partial charge in [0.05, 0.1) is 10.6 Å². The zero-order chi connectivity index (χ0) is 24.7. The fourth-order valence-electron chi connectivity index (χ4n) is 2.83. The number of carboxylic acids is 1. The second-order valence-corrected chi connectivity index (χ2v) is 9.85. The number of halogens is 1. The van der Waals surface area contributed by atoms with Crippen molar-refractivity contribution in [2.24, 2.45) is 0 Å². The van der Waals surface area contributed by atoms with Gasteiger partial charge in [0.1, 0.15) is 4.88 Å². The minimum Gasteiger partial charge on any atom is -0.477 e. The van der Waals surface area contributed by atoms with E-state index in [1.807, 2.05) is 18.2 Å². The maximum absolute atomic E-state index is 12.1. The van der Waals surface area contributed by atoms with E-state index in [4.69, 9.17) is 22.4 Å². The van der Waals surface area contributed by atoms with Crippen molar-refractivity contribution >= 4 is 56.1 Å². The predicted octanol–water partition coefficient (Wildman–Crippen LogP) is 5.40. The lowest BCUT2D eigenvalue weighted by atomic mass is 10.0. The molecule has 0 unspecified atom stereocenters. The van der Waals surface area contributed by atoms with Crippen molar-refractivity contribution in [3.63, 3.8) is 0 Å². The number of nitrogens with one attached hydrogen (secondary N) is 1. The highest BCUT2D eigenvalue weighted by Gasteiger charge is 2.19.